The van der Waals surface area contributed by atoms with E-state index in [1.807, 2.05) is 59.9 Å². The second-order valence-electron chi connectivity index (χ2n) is 12.1. The largest absolute Gasteiger partial charge is 0.463 e. The molecule has 212 valence electrons. The summed E-state index contributed by atoms with van der Waals surface area (Å²) in [7, 11) is 3.71. The van der Waals surface area contributed by atoms with E-state index in [9.17, 15) is 14.4 Å². The summed E-state index contributed by atoms with van der Waals surface area (Å²) in [6.07, 6.45) is 1.79. The molecule has 1 aromatic carbocycles. The summed E-state index contributed by atoms with van der Waals surface area (Å²) >= 11 is 1.76. The molecule has 38 heavy (non-hydrogen) atoms. The van der Waals surface area contributed by atoms with Crippen LogP contribution < -0.4 is 5.32 Å². The highest BCUT2D eigenvalue weighted by molar-refractivity contribution is 8.01. The highest BCUT2D eigenvalue weighted by Crippen LogP contribution is 2.51. The molecule has 7 nitrogen and oxygen atoms in total. The molecule has 2 amide bonds. The van der Waals surface area contributed by atoms with Gasteiger partial charge in [0.25, 0.3) is 0 Å². The quantitative estimate of drug-likeness (QED) is 0.346. The van der Waals surface area contributed by atoms with Crippen LogP contribution in [-0.4, -0.2) is 71.2 Å². The van der Waals surface area contributed by atoms with Gasteiger partial charge in [0, 0.05) is 17.4 Å². The zero-order valence-electron chi connectivity index (χ0n) is 25.0. The number of carbonyl (C=O) groups excluding carboxylic acids is 3. The molecule has 8 heteroatoms. The van der Waals surface area contributed by atoms with E-state index in [-0.39, 0.29) is 33.9 Å². The number of amides is 2. The Labute approximate surface area is 233 Å². The first-order valence-corrected chi connectivity index (χ1v) is 14.3. The number of hydrogen-bond donors (Lipinski definition) is 1. The monoisotopic (exact) mass is 545 g/mol. The molecule has 1 saturated heterocycles. The van der Waals surface area contributed by atoms with Crippen molar-refractivity contribution in [1.82, 2.24) is 15.1 Å². The lowest BCUT2D eigenvalue weighted by Crippen LogP contribution is -2.60. The molecule has 1 N–H and O–H groups in total. The number of rotatable bonds is 9. The van der Waals surface area contributed by atoms with Crippen molar-refractivity contribution in [2.75, 3.05) is 20.7 Å². The van der Waals surface area contributed by atoms with Crippen molar-refractivity contribution in [3.63, 3.8) is 0 Å². The summed E-state index contributed by atoms with van der Waals surface area (Å²) in [5, 5.41) is 3.17. The number of carbonyl (C=O) groups is 3. The fourth-order valence-corrected chi connectivity index (χ4v) is 6.58. The molecule has 1 aliphatic heterocycles. The maximum Gasteiger partial charge on any atom is 0.333 e. The standard InChI is InChI=1S/C30H47N3O4S/c1-12-37-28(36)20(4)18-22(19(2)3)32(10)26(35)23(29(5,6)7)31-25(34)24-30(8,9)38-27(33(24)11)21-16-14-13-15-17-21/h13-19,22-24,27H,12H2,1-11H3,(H,31,34)/t22-,23-,24-,27+/m1/s1. The van der Waals surface area contributed by atoms with Crippen molar-refractivity contribution in [1.29, 1.82) is 0 Å². The molecule has 0 radical (unpaired) electrons. The minimum atomic E-state index is -0.748. The Morgan fingerprint density at radius 2 is 1.76 bits per heavy atom. The molecule has 0 aliphatic carbocycles. The van der Waals surface area contributed by atoms with Crippen LogP contribution in [0.15, 0.2) is 42.0 Å². The summed E-state index contributed by atoms with van der Waals surface area (Å²) in [6, 6.07) is 8.67. The van der Waals surface area contributed by atoms with E-state index in [4.69, 9.17) is 4.74 Å². The molecule has 0 bridgehead atoms. The number of benzene rings is 1. The van der Waals surface area contributed by atoms with Crippen LogP contribution in [0.4, 0.5) is 0 Å². The van der Waals surface area contributed by atoms with Crippen LogP contribution in [0.5, 0.6) is 0 Å². The summed E-state index contributed by atoms with van der Waals surface area (Å²) < 4.78 is 4.77. The molecule has 1 aromatic rings. The van der Waals surface area contributed by atoms with Crippen molar-refractivity contribution >= 4 is 29.5 Å². The van der Waals surface area contributed by atoms with Gasteiger partial charge in [-0.3, -0.25) is 14.5 Å². The maximum absolute atomic E-state index is 13.9. The minimum absolute atomic E-state index is 0.0368. The summed E-state index contributed by atoms with van der Waals surface area (Å²) in [6.45, 7) is 17.8. The van der Waals surface area contributed by atoms with Gasteiger partial charge in [0.15, 0.2) is 0 Å². The van der Waals surface area contributed by atoms with Crippen LogP contribution in [0.2, 0.25) is 0 Å². The predicted octanol–water partition coefficient (Wildman–Crippen LogP) is 5.03. The van der Waals surface area contributed by atoms with Crippen molar-refractivity contribution in [2.24, 2.45) is 11.3 Å². The van der Waals surface area contributed by atoms with E-state index in [1.165, 1.54) is 0 Å². The van der Waals surface area contributed by atoms with E-state index >= 15 is 0 Å². The van der Waals surface area contributed by atoms with E-state index in [1.54, 1.807) is 43.6 Å². The van der Waals surface area contributed by atoms with E-state index in [0.717, 1.165) is 5.56 Å². The number of nitrogens with zero attached hydrogens (tertiary/aromatic N) is 2. The van der Waals surface area contributed by atoms with Crippen molar-refractivity contribution in [3.05, 3.63) is 47.5 Å². The molecule has 0 unspecified atom stereocenters. The first-order valence-electron chi connectivity index (χ1n) is 13.4. The van der Waals surface area contributed by atoms with Gasteiger partial charge < -0.3 is 15.0 Å². The molecule has 1 aliphatic rings. The van der Waals surface area contributed by atoms with Gasteiger partial charge in [0.05, 0.1) is 18.0 Å². The molecular weight excluding hydrogens is 498 g/mol. The molecule has 0 aromatic heterocycles. The topological polar surface area (TPSA) is 79.0 Å². The van der Waals surface area contributed by atoms with Crippen LogP contribution in [0.3, 0.4) is 0 Å². The third-order valence-corrected chi connectivity index (χ3v) is 8.74. The summed E-state index contributed by atoms with van der Waals surface area (Å²) in [5.74, 6) is -0.697. The molecule has 1 fully saturated rings. The van der Waals surface area contributed by atoms with Crippen LogP contribution in [0, 0.1) is 11.3 Å². The third-order valence-electron chi connectivity index (χ3n) is 7.08. The van der Waals surface area contributed by atoms with Crippen LogP contribution in [-0.2, 0) is 19.1 Å². The predicted molar refractivity (Wildman–Crippen MR) is 156 cm³/mol. The molecule has 1 heterocycles. The molecule has 0 saturated carbocycles. The summed E-state index contributed by atoms with van der Waals surface area (Å²) in [4.78, 5) is 43.8. The van der Waals surface area contributed by atoms with Crippen LogP contribution in [0.25, 0.3) is 0 Å². The molecular formula is C30H47N3O4S. The zero-order chi connectivity index (χ0) is 29.0. The minimum Gasteiger partial charge on any atom is -0.463 e. The second-order valence-corrected chi connectivity index (χ2v) is 13.8. The van der Waals surface area contributed by atoms with Gasteiger partial charge in [-0.15, -0.1) is 11.8 Å². The van der Waals surface area contributed by atoms with Gasteiger partial charge in [-0.1, -0.05) is 71.0 Å². The van der Waals surface area contributed by atoms with Gasteiger partial charge in [0.2, 0.25) is 11.8 Å². The average molecular weight is 546 g/mol. The number of esters is 1. The van der Waals surface area contributed by atoms with Gasteiger partial charge in [-0.05, 0) is 51.6 Å². The fraction of sp³-hybridized carbons (Fsp3) is 0.633. The first kappa shape index (κ1) is 31.9. The van der Waals surface area contributed by atoms with E-state index < -0.39 is 23.5 Å². The maximum atomic E-state index is 13.9. The van der Waals surface area contributed by atoms with Crippen molar-refractivity contribution in [3.8, 4) is 0 Å². The van der Waals surface area contributed by atoms with Crippen molar-refractivity contribution < 1.29 is 19.1 Å². The second kappa shape index (κ2) is 12.7. The number of likely N-dealkylation sites (N-methyl/N-ethyl adjacent to an activating group) is 2. The Kier molecular flexibility index (Phi) is 10.7. The Bertz CT molecular complexity index is 1020. The lowest BCUT2D eigenvalue weighted by Gasteiger charge is -2.39. The van der Waals surface area contributed by atoms with E-state index in [0.29, 0.717) is 12.2 Å². The Balaban J connectivity index is 2.33. The van der Waals surface area contributed by atoms with Gasteiger partial charge in [0.1, 0.15) is 12.1 Å². The van der Waals surface area contributed by atoms with Crippen LogP contribution in [0.1, 0.15) is 73.3 Å². The number of thioether (sulfide) groups is 1. The van der Waals surface area contributed by atoms with E-state index in [2.05, 4.69) is 36.2 Å². The Morgan fingerprint density at radius 3 is 2.26 bits per heavy atom. The normalized spacial score (nSPS) is 21.6. The number of nitrogens with one attached hydrogen (secondary N) is 1. The average Bonchev–Trinajstić information content (AvgIpc) is 3.07. The number of hydrogen-bond acceptors (Lipinski definition) is 6. The third kappa shape index (κ3) is 7.41. The van der Waals surface area contributed by atoms with Crippen LogP contribution >= 0.6 is 11.8 Å². The fourth-order valence-electron chi connectivity index (χ4n) is 5.02. The molecule has 0 spiro atoms. The Morgan fingerprint density at radius 1 is 1.18 bits per heavy atom. The first-order chi connectivity index (χ1) is 17.5. The molecule has 2 rings (SSSR count). The van der Waals surface area contributed by atoms with Crippen molar-refractivity contribution in [2.45, 2.75) is 90.6 Å². The smallest absolute Gasteiger partial charge is 0.333 e. The van der Waals surface area contributed by atoms with Gasteiger partial charge in [-0.2, -0.15) is 0 Å². The Hall–Kier alpha value is -2.32. The number of ether oxygens (including phenoxy) is 1. The highest BCUT2D eigenvalue weighted by Gasteiger charge is 2.51. The highest BCUT2D eigenvalue weighted by atomic mass is 32.2. The lowest BCUT2D eigenvalue weighted by molar-refractivity contribution is -0.141. The SMILES string of the molecule is CCOC(=O)C(C)=C[C@H](C(C)C)N(C)C(=O)[C@@H](NC(=O)[C@H]1N(C)[C@H](c2ccccc2)SC1(C)C)C(C)(C)C. The molecule has 4 atom stereocenters. The summed E-state index contributed by atoms with van der Waals surface area (Å²) in [5.41, 5.74) is 1.07. The van der Waals surface area contributed by atoms with Gasteiger partial charge >= 0.3 is 5.97 Å². The lowest BCUT2D eigenvalue weighted by atomic mass is 9.84. The van der Waals surface area contributed by atoms with Gasteiger partial charge in [-0.25, -0.2) is 4.79 Å². The zero-order valence-corrected chi connectivity index (χ0v) is 25.8.